The lowest BCUT2D eigenvalue weighted by Gasteiger charge is -2.04. The molecule has 1 heterocycles. The Kier molecular flexibility index (Phi) is 4.82. The number of nitrogens with zero attached hydrogens (tertiary/aromatic N) is 1. The first-order chi connectivity index (χ1) is 11.7. The molecule has 1 aromatic heterocycles. The lowest BCUT2D eigenvalue weighted by atomic mass is 10.1. The first kappa shape index (κ1) is 16.1. The van der Waals surface area contributed by atoms with Crippen LogP contribution in [0.25, 0.3) is 11.3 Å². The van der Waals surface area contributed by atoms with E-state index in [9.17, 15) is 4.79 Å². The molecule has 5 nitrogen and oxygen atoms in total. The van der Waals surface area contributed by atoms with Gasteiger partial charge in [-0.05, 0) is 36.4 Å². The van der Waals surface area contributed by atoms with Crippen LogP contribution in [-0.4, -0.2) is 18.2 Å². The van der Waals surface area contributed by atoms with Crippen molar-refractivity contribution in [3.8, 4) is 17.0 Å². The molecule has 0 bridgehead atoms. The van der Waals surface area contributed by atoms with Gasteiger partial charge in [0.1, 0.15) is 18.1 Å². The lowest BCUT2D eigenvalue weighted by molar-refractivity contribution is 0.0600. The number of benzene rings is 2. The third-order valence-electron chi connectivity index (χ3n) is 3.36. The van der Waals surface area contributed by atoms with Crippen molar-refractivity contribution in [2.75, 3.05) is 7.11 Å². The lowest BCUT2D eigenvalue weighted by Crippen LogP contribution is -2.01. The molecule has 3 aromatic rings. The van der Waals surface area contributed by atoms with E-state index in [2.05, 4.69) is 9.89 Å². The normalized spacial score (nSPS) is 10.4. The van der Waals surface area contributed by atoms with Crippen molar-refractivity contribution in [2.45, 2.75) is 6.61 Å². The van der Waals surface area contributed by atoms with Gasteiger partial charge in [-0.2, -0.15) is 0 Å². The molecule has 0 fully saturated rings. The average Bonchev–Trinajstić information content (AvgIpc) is 3.09. The molecule has 0 aliphatic heterocycles. The predicted octanol–water partition coefficient (Wildman–Crippen LogP) is 4.36. The summed E-state index contributed by atoms with van der Waals surface area (Å²) < 4.78 is 15.5. The van der Waals surface area contributed by atoms with Crippen molar-refractivity contribution in [1.29, 1.82) is 0 Å². The Labute approximate surface area is 143 Å². The Morgan fingerprint density at radius 3 is 2.50 bits per heavy atom. The van der Waals surface area contributed by atoms with E-state index in [-0.39, 0.29) is 12.6 Å². The Morgan fingerprint density at radius 1 is 1.12 bits per heavy atom. The number of methoxy groups -OCH3 is 1. The smallest absolute Gasteiger partial charge is 0.337 e. The molecule has 0 N–H and O–H groups in total. The summed E-state index contributed by atoms with van der Waals surface area (Å²) in [5.41, 5.74) is 2.10. The molecule has 0 amide bonds. The standard InChI is InChI=1S/C18H14ClNO4/c1-22-18(21)13-4-8-15(9-5-13)23-11-16-10-17(20-24-16)12-2-6-14(19)7-3-12/h2-10H,11H2,1H3. The van der Waals surface area contributed by atoms with Crippen LogP contribution in [0, 0.1) is 0 Å². The summed E-state index contributed by atoms with van der Waals surface area (Å²) in [4.78, 5) is 11.4. The third-order valence-corrected chi connectivity index (χ3v) is 3.61. The summed E-state index contributed by atoms with van der Waals surface area (Å²) in [5.74, 6) is 0.827. The maximum Gasteiger partial charge on any atom is 0.337 e. The van der Waals surface area contributed by atoms with Crippen LogP contribution in [0.4, 0.5) is 0 Å². The second-order valence-corrected chi connectivity index (χ2v) is 5.43. The summed E-state index contributed by atoms with van der Waals surface area (Å²) in [6, 6.07) is 15.8. The number of hydrogen-bond acceptors (Lipinski definition) is 5. The monoisotopic (exact) mass is 343 g/mol. The van der Waals surface area contributed by atoms with E-state index in [1.807, 2.05) is 18.2 Å². The quantitative estimate of drug-likeness (QED) is 0.644. The van der Waals surface area contributed by atoms with Gasteiger partial charge >= 0.3 is 5.97 Å². The maximum atomic E-state index is 11.4. The number of aromatic nitrogens is 1. The van der Waals surface area contributed by atoms with Gasteiger partial charge in [0.2, 0.25) is 0 Å². The van der Waals surface area contributed by atoms with E-state index in [0.717, 1.165) is 5.56 Å². The van der Waals surface area contributed by atoms with E-state index in [0.29, 0.717) is 27.8 Å². The van der Waals surface area contributed by atoms with Crippen LogP contribution in [0.1, 0.15) is 16.1 Å². The number of carbonyl (C=O) groups is 1. The van der Waals surface area contributed by atoms with Crippen molar-refractivity contribution < 1.29 is 18.8 Å². The van der Waals surface area contributed by atoms with E-state index < -0.39 is 0 Å². The molecule has 0 radical (unpaired) electrons. The highest BCUT2D eigenvalue weighted by molar-refractivity contribution is 6.30. The van der Waals surface area contributed by atoms with Gasteiger partial charge < -0.3 is 14.0 Å². The number of rotatable bonds is 5. The van der Waals surface area contributed by atoms with Gasteiger partial charge in [-0.15, -0.1) is 0 Å². The predicted molar refractivity (Wildman–Crippen MR) is 89.1 cm³/mol. The fraction of sp³-hybridized carbons (Fsp3) is 0.111. The van der Waals surface area contributed by atoms with Gasteiger partial charge in [-0.3, -0.25) is 0 Å². The minimum Gasteiger partial charge on any atom is -0.486 e. The summed E-state index contributed by atoms with van der Waals surface area (Å²) in [5, 5.41) is 4.69. The highest BCUT2D eigenvalue weighted by atomic mass is 35.5. The first-order valence-corrected chi connectivity index (χ1v) is 7.56. The van der Waals surface area contributed by atoms with Gasteiger partial charge in [0.05, 0.1) is 12.7 Å². The summed E-state index contributed by atoms with van der Waals surface area (Å²) >= 11 is 5.87. The number of esters is 1. The molecule has 6 heteroatoms. The second kappa shape index (κ2) is 7.19. The molecule has 122 valence electrons. The van der Waals surface area contributed by atoms with Crippen molar-refractivity contribution in [3.05, 3.63) is 70.9 Å². The summed E-state index contributed by atoms with van der Waals surface area (Å²) in [7, 11) is 1.34. The summed E-state index contributed by atoms with van der Waals surface area (Å²) in [6.07, 6.45) is 0. The van der Waals surface area contributed by atoms with E-state index >= 15 is 0 Å². The van der Waals surface area contributed by atoms with Gasteiger partial charge in [0.15, 0.2) is 5.76 Å². The molecular formula is C18H14ClNO4. The fourth-order valence-electron chi connectivity index (χ4n) is 2.10. The van der Waals surface area contributed by atoms with Crippen LogP contribution in [0.5, 0.6) is 5.75 Å². The van der Waals surface area contributed by atoms with Crippen molar-refractivity contribution in [3.63, 3.8) is 0 Å². The van der Waals surface area contributed by atoms with Crippen LogP contribution < -0.4 is 4.74 Å². The third kappa shape index (κ3) is 3.75. The van der Waals surface area contributed by atoms with Gasteiger partial charge in [-0.25, -0.2) is 4.79 Å². The minimum atomic E-state index is -0.385. The number of ether oxygens (including phenoxy) is 2. The molecule has 3 rings (SSSR count). The van der Waals surface area contributed by atoms with Gasteiger partial charge in [0.25, 0.3) is 0 Å². The SMILES string of the molecule is COC(=O)c1ccc(OCc2cc(-c3ccc(Cl)cc3)no2)cc1. The van der Waals surface area contributed by atoms with Crippen molar-refractivity contribution >= 4 is 17.6 Å². The molecule has 24 heavy (non-hydrogen) atoms. The van der Waals surface area contributed by atoms with Crippen molar-refractivity contribution in [2.24, 2.45) is 0 Å². The van der Waals surface area contributed by atoms with Gasteiger partial charge in [0, 0.05) is 16.7 Å². The molecule has 0 aliphatic rings. The van der Waals surface area contributed by atoms with E-state index in [4.69, 9.17) is 20.9 Å². The number of carbonyl (C=O) groups excluding carboxylic acids is 1. The van der Waals surface area contributed by atoms with Crippen LogP contribution in [0.15, 0.2) is 59.1 Å². The highest BCUT2D eigenvalue weighted by Crippen LogP contribution is 2.22. The molecule has 0 unspecified atom stereocenters. The highest BCUT2D eigenvalue weighted by Gasteiger charge is 2.08. The topological polar surface area (TPSA) is 61.6 Å². The molecular weight excluding hydrogens is 330 g/mol. The molecule has 0 saturated heterocycles. The maximum absolute atomic E-state index is 11.4. The van der Waals surface area contributed by atoms with Gasteiger partial charge in [-0.1, -0.05) is 28.9 Å². The largest absolute Gasteiger partial charge is 0.486 e. The fourth-order valence-corrected chi connectivity index (χ4v) is 2.22. The zero-order valence-electron chi connectivity index (χ0n) is 12.9. The number of hydrogen-bond donors (Lipinski definition) is 0. The molecule has 2 aromatic carbocycles. The second-order valence-electron chi connectivity index (χ2n) is 4.99. The average molecular weight is 344 g/mol. The zero-order chi connectivity index (χ0) is 16.9. The molecule has 0 atom stereocenters. The van der Waals surface area contributed by atoms with Crippen LogP contribution in [0.3, 0.4) is 0 Å². The Hall–Kier alpha value is -2.79. The number of halogens is 1. The molecule has 0 spiro atoms. The minimum absolute atomic E-state index is 0.234. The van der Waals surface area contributed by atoms with Crippen molar-refractivity contribution in [1.82, 2.24) is 5.16 Å². The van der Waals surface area contributed by atoms with Crippen LogP contribution in [-0.2, 0) is 11.3 Å². The zero-order valence-corrected chi connectivity index (χ0v) is 13.6. The van der Waals surface area contributed by atoms with E-state index in [1.165, 1.54) is 7.11 Å². The Bertz CT molecular complexity index is 825. The molecule has 0 aliphatic carbocycles. The Morgan fingerprint density at radius 2 is 1.83 bits per heavy atom. The summed E-state index contributed by atoms with van der Waals surface area (Å²) in [6.45, 7) is 0.234. The van der Waals surface area contributed by atoms with E-state index in [1.54, 1.807) is 36.4 Å². The first-order valence-electron chi connectivity index (χ1n) is 7.18. The molecule has 0 saturated carbocycles. The Balaban J connectivity index is 1.63. The van der Waals surface area contributed by atoms with Crippen LogP contribution >= 0.6 is 11.6 Å². The van der Waals surface area contributed by atoms with Crippen LogP contribution in [0.2, 0.25) is 5.02 Å².